The van der Waals surface area contributed by atoms with Crippen molar-refractivity contribution < 1.29 is 4.79 Å². The maximum absolute atomic E-state index is 12.6. The number of nitrogens with one attached hydrogen (secondary N) is 1. The van der Waals surface area contributed by atoms with E-state index in [0.29, 0.717) is 0 Å². The molecule has 0 aliphatic carbocycles. The number of benzene rings is 2. The summed E-state index contributed by atoms with van der Waals surface area (Å²) >= 11 is 0. The largest absolute Gasteiger partial charge is 0.348 e. The molecule has 0 radical (unpaired) electrons. The van der Waals surface area contributed by atoms with E-state index in [-0.39, 0.29) is 17.2 Å². The lowest BCUT2D eigenvalue weighted by Crippen LogP contribution is -2.33. The number of carbonyl (C=O) groups excluding carboxylic acids is 1. The van der Waals surface area contributed by atoms with Crippen LogP contribution >= 0.6 is 10.0 Å². The fraction of sp³-hybridized carbons (Fsp3) is 0.435. The van der Waals surface area contributed by atoms with E-state index in [2.05, 4.69) is 87.1 Å². The summed E-state index contributed by atoms with van der Waals surface area (Å²) in [5.74, 6) is 0.839. The highest BCUT2D eigenvalue weighted by Crippen LogP contribution is 2.47. The molecule has 0 aliphatic rings. The van der Waals surface area contributed by atoms with Crippen LogP contribution in [0.4, 0.5) is 0 Å². The van der Waals surface area contributed by atoms with Gasteiger partial charge in [0, 0.05) is 5.92 Å². The number of carbonyl (C=O) groups is 1. The van der Waals surface area contributed by atoms with Crippen LogP contribution in [0, 0.1) is 5.92 Å². The molecule has 1 N–H and O–H groups in total. The zero-order chi connectivity index (χ0) is 19.4. The third-order valence-corrected chi connectivity index (χ3v) is 7.21. The second kappa shape index (κ2) is 8.30. The Labute approximate surface area is 160 Å². The summed E-state index contributed by atoms with van der Waals surface area (Å²) in [5.41, 5.74) is 2.70. The van der Waals surface area contributed by atoms with Crippen molar-refractivity contribution in [3.05, 3.63) is 65.7 Å². The first-order valence-electron chi connectivity index (χ1n) is 9.23. The Kier molecular flexibility index (Phi) is 6.57. The monoisotopic (exact) mass is 371 g/mol. The minimum Gasteiger partial charge on any atom is -0.348 e. The zero-order valence-electron chi connectivity index (χ0n) is 17.0. The van der Waals surface area contributed by atoms with Gasteiger partial charge in [0.15, 0.2) is 0 Å². The van der Waals surface area contributed by atoms with Crippen LogP contribution in [0.5, 0.6) is 0 Å². The standard InChI is InChI=1S/C23H33NOS/c1-18(16-19-12-14-20(15-13-19)23(2,3)4)22(25)24-17-26(5,6)21-10-8-7-9-11-21/h7-15,18H,16-17H2,1-6H3,(H,24,25). The summed E-state index contributed by atoms with van der Waals surface area (Å²) in [4.78, 5) is 13.9. The van der Waals surface area contributed by atoms with Gasteiger partial charge in [-0.3, -0.25) is 4.79 Å². The molecule has 0 bridgehead atoms. The number of hydrogen-bond acceptors (Lipinski definition) is 1. The normalized spacial score (nSPS) is 13.9. The van der Waals surface area contributed by atoms with Gasteiger partial charge in [-0.1, -0.05) is 82.3 Å². The summed E-state index contributed by atoms with van der Waals surface area (Å²) in [6.07, 6.45) is 5.27. The maximum atomic E-state index is 12.6. The summed E-state index contributed by atoms with van der Waals surface area (Å²) in [5, 5.41) is 3.18. The van der Waals surface area contributed by atoms with Crippen LogP contribution in [0.15, 0.2) is 59.5 Å². The lowest BCUT2D eigenvalue weighted by molar-refractivity contribution is -0.124. The summed E-state index contributed by atoms with van der Waals surface area (Å²) in [6.45, 7) is 8.66. The zero-order valence-corrected chi connectivity index (χ0v) is 17.8. The Bertz CT molecular complexity index is 714. The average Bonchev–Trinajstić information content (AvgIpc) is 2.60. The van der Waals surface area contributed by atoms with Crippen molar-refractivity contribution in [1.29, 1.82) is 0 Å². The molecule has 2 aromatic carbocycles. The molecular weight excluding hydrogens is 338 g/mol. The molecule has 0 saturated heterocycles. The summed E-state index contributed by atoms with van der Waals surface area (Å²) in [7, 11) is -1.02. The second-order valence-corrected chi connectivity index (χ2v) is 12.4. The maximum Gasteiger partial charge on any atom is 0.223 e. The van der Waals surface area contributed by atoms with E-state index in [4.69, 9.17) is 0 Å². The van der Waals surface area contributed by atoms with E-state index in [1.54, 1.807) is 0 Å². The molecule has 1 amide bonds. The molecule has 2 aromatic rings. The van der Waals surface area contributed by atoms with Crippen LogP contribution in [0.2, 0.25) is 0 Å². The van der Waals surface area contributed by atoms with Crippen molar-refractivity contribution in [3.8, 4) is 0 Å². The molecular formula is C23H33NOS. The Morgan fingerprint density at radius 1 is 1.00 bits per heavy atom. The molecule has 0 fully saturated rings. The Morgan fingerprint density at radius 3 is 2.12 bits per heavy atom. The quantitative estimate of drug-likeness (QED) is 0.727. The Morgan fingerprint density at radius 2 is 1.58 bits per heavy atom. The summed E-state index contributed by atoms with van der Waals surface area (Å²) in [6, 6.07) is 19.2. The van der Waals surface area contributed by atoms with Crippen molar-refractivity contribution in [1.82, 2.24) is 5.32 Å². The topological polar surface area (TPSA) is 29.1 Å². The van der Waals surface area contributed by atoms with Gasteiger partial charge in [0.2, 0.25) is 5.91 Å². The van der Waals surface area contributed by atoms with Gasteiger partial charge in [0.1, 0.15) is 0 Å². The first-order valence-corrected chi connectivity index (χ1v) is 11.8. The van der Waals surface area contributed by atoms with Crippen LogP contribution in [-0.4, -0.2) is 24.3 Å². The third-order valence-electron chi connectivity index (χ3n) is 4.80. The van der Waals surface area contributed by atoms with Gasteiger partial charge in [-0.05, 0) is 40.4 Å². The van der Waals surface area contributed by atoms with Crippen molar-refractivity contribution in [3.63, 3.8) is 0 Å². The Hall–Kier alpha value is -1.74. The van der Waals surface area contributed by atoms with Crippen molar-refractivity contribution in [2.75, 3.05) is 18.4 Å². The van der Waals surface area contributed by atoms with Gasteiger partial charge in [0.25, 0.3) is 0 Å². The Balaban J connectivity index is 1.91. The molecule has 0 heterocycles. The molecule has 3 heteroatoms. The van der Waals surface area contributed by atoms with E-state index in [1.165, 1.54) is 16.0 Å². The average molecular weight is 372 g/mol. The van der Waals surface area contributed by atoms with Gasteiger partial charge < -0.3 is 5.32 Å². The lowest BCUT2D eigenvalue weighted by Gasteiger charge is -2.32. The first-order chi connectivity index (χ1) is 12.1. The van der Waals surface area contributed by atoms with Gasteiger partial charge in [-0.15, -0.1) is 0 Å². The predicted octanol–water partition coefficient (Wildman–Crippen LogP) is 5.36. The van der Waals surface area contributed by atoms with E-state index in [1.807, 2.05) is 13.0 Å². The molecule has 142 valence electrons. The van der Waals surface area contributed by atoms with E-state index in [9.17, 15) is 4.79 Å². The second-order valence-electron chi connectivity index (χ2n) is 8.59. The minimum absolute atomic E-state index is 0.0264. The van der Waals surface area contributed by atoms with Crippen molar-refractivity contribution in [2.45, 2.75) is 44.4 Å². The van der Waals surface area contributed by atoms with E-state index >= 15 is 0 Å². The number of amides is 1. The molecule has 2 rings (SSSR count). The lowest BCUT2D eigenvalue weighted by atomic mass is 9.86. The van der Waals surface area contributed by atoms with Crippen LogP contribution in [0.25, 0.3) is 0 Å². The fourth-order valence-corrected chi connectivity index (χ4v) is 4.45. The molecule has 0 spiro atoms. The van der Waals surface area contributed by atoms with Crippen molar-refractivity contribution >= 4 is 15.9 Å². The third kappa shape index (κ3) is 5.63. The molecule has 26 heavy (non-hydrogen) atoms. The molecule has 0 aromatic heterocycles. The molecule has 0 aliphatic heterocycles. The predicted molar refractivity (Wildman–Crippen MR) is 115 cm³/mol. The van der Waals surface area contributed by atoms with Gasteiger partial charge in [-0.2, -0.15) is 0 Å². The molecule has 1 unspecified atom stereocenters. The van der Waals surface area contributed by atoms with Crippen LogP contribution < -0.4 is 5.32 Å². The van der Waals surface area contributed by atoms with E-state index < -0.39 is 10.0 Å². The SMILES string of the molecule is CC(Cc1ccc(C(C)(C)C)cc1)C(=O)NCS(C)(C)c1ccccc1. The molecule has 2 nitrogen and oxygen atoms in total. The van der Waals surface area contributed by atoms with Crippen LogP contribution in [-0.2, 0) is 16.6 Å². The fourth-order valence-electron chi connectivity index (χ4n) is 2.89. The van der Waals surface area contributed by atoms with Gasteiger partial charge in [0.05, 0.1) is 5.88 Å². The smallest absolute Gasteiger partial charge is 0.223 e. The molecule has 0 saturated carbocycles. The first kappa shape index (κ1) is 20.6. The highest BCUT2D eigenvalue weighted by molar-refractivity contribution is 8.32. The number of hydrogen-bond donors (Lipinski definition) is 1. The van der Waals surface area contributed by atoms with Crippen LogP contribution in [0.3, 0.4) is 0 Å². The molecule has 1 atom stereocenters. The van der Waals surface area contributed by atoms with Crippen LogP contribution in [0.1, 0.15) is 38.8 Å². The van der Waals surface area contributed by atoms with Gasteiger partial charge >= 0.3 is 0 Å². The highest BCUT2D eigenvalue weighted by Gasteiger charge is 2.19. The van der Waals surface area contributed by atoms with E-state index in [0.717, 1.165) is 12.3 Å². The highest BCUT2D eigenvalue weighted by atomic mass is 32.3. The van der Waals surface area contributed by atoms with Crippen molar-refractivity contribution in [2.24, 2.45) is 5.92 Å². The minimum atomic E-state index is -1.02. The van der Waals surface area contributed by atoms with Gasteiger partial charge in [-0.25, -0.2) is 10.0 Å². The number of rotatable bonds is 6. The summed E-state index contributed by atoms with van der Waals surface area (Å²) < 4.78 is 0.